The molecular formula is C10H13ClN2O3. The van der Waals surface area contributed by atoms with Gasteiger partial charge in [-0.25, -0.2) is 0 Å². The summed E-state index contributed by atoms with van der Waals surface area (Å²) in [4.78, 5) is 0. The Kier molecular flexibility index (Phi) is 2.98. The second-order valence-corrected chi connectivity index (χ2v) is 3.93. The second-order valence-electron chi connectivity index (χ2n) is 3.53. The van der Waals surface area contributed by atoms with Gasteiger partial charge >= 0.3 is 0 Å². The van der Waals surface area contributed by atoms with Crippen molar-refractivity contribution < 1.29 is 14.2 Å². The zero-order valence-electron chi connectivity index (χ0n) is 8.83. The molecule has 1 heterocycles. The Hall–Kier alpha value is -1.33. The molecule has 2 rings (SSSR count). The minimum Gasteiger partial charge on any atom is -0.484 e. The number of nitrogens with two attached hydrogens (primary N) is 2. The van der Waals surface area contributed by atoms with Gasteiger partial charge in [0.15, 0.2) is 17.6 Å². The van der Waals surface area contributed by atoms with Crippen LogP contribution in [0.25, 0.3) is 0 Å². The molecule has 4 N–H and O–H groups in total. The summed E-state index contributed by atoms with van der Waals surface area (Å²) in [6.45, 7) is 0.803. The highest BCUT2D eigenvalue weighted by Gasteiger charge is 2.26. The fraction of sp³-hybridized carbons (Fsp3) is 0.400. The van der Waals surface area contributed by atoms with Gasteiger partial charge in [0.1, 0.15) is 6.61 Å². The lowest BCUT2D eigenvalue weighted by molar-refractivity contribution is 0.0283. The van der Waals surface area contributed by atoms with Crippen LogP contribution in [-0.4, -0.2) is 26.4 Å². The van der Waals surface area contributed by atoms with E-state index in [0.29, 0.717) is 41.1 Å². The molecule has 16 heavy (non-hydrogen) atoms. The first kappa shape index (κ1) is 11.2. The van der Waals surface area contributed by atoms with Crippen molar-refractivity contribution in [1.29, 1.82) is 0 Å². The zero-order valence-corrected chi connectivity index (χ0v) is 9.58. The highest BCUT2D eigenvalue weighted by atomic mass is 35.5. The lowest BCUT2D eigenvalue weighted by Gasteiger charge is -2.28. The predicted octanol–water partition coefficient (Wildman–Crippen LogP) is 1.29. The van der Waals surface area contributed by atoms with Gasteiger partial charge in [0.05, 0.1) is 23.0 Å². The van der Waals surface area contributed by atoms with Crippen LogP contribution in [0.1, 0.15) is 0 Å². The molecule has 0 amide bonds. The van der Waals surface area contributed by atoms with Crippen LogP contribution in [0.2, 0.25) is 5.02 Å². The molecular weight excluding hydrogens is 232 g/mol. The number of hydrogen-bond donors (Lipinski definition) is 2. The molecule has 1 unspecified atom stereocenters. The summed E-state index contributed by atoms with van der Waals surface area (Å²) in [5.74, 6) is 0.854. The van der Waals surface area contributed by atoms with E-state index in [2.05, 4.69) is 0 Å². The Morgan fingerprint density at radius 2 is 2.25 bits per heavy atom. The van der Waals surface area contributed by atoms with Crippen molar-refractivity contribution in [3.63, 3.8) is 0 Å². The molecule has 1 aromatic rings. The average molecular weight is 245 g/mol. The molecule has 0 saturated carbocycles. The van der Waals surface area contributed by atoms with Gasteiger partial charge in [-0.15, -0.1) is 0 Å². The molecule has 0 spiro atoms. The van der Waals surface area contributed by atoms with Gasteiger partial charge in [0, 0.05) is 7.11 Å². The Labute approximate surface area is 98.2 Å². The lowest BCUT2D eigenvalue weighted by atomic mass is 10.2. The number of halogens is 1. The van der Waals surface area contributed by atoms with Crippen LogP contribution < -0.4 is 20.9 Å². The van der Waals surface area contributed by atoms with Crippen molar-refractivity contribution in [1.82, 2.24) is 0 Å². The standard InChI is InChI=1S/C10H13ClN2O3/c1-14-3-5-4-15-9-7(12)2-6(11)8(13)10(9)16-5/h2,5H,3-4,12-13H2,1H3. The molecule has 1 aliphatic heterocycles. The number of benzene rings is 1. The van der Waals surface area contributed by atoms with Gasteiger partial charge in [-0.05, 0) is 6.07 Å². The quantitative estimate of drug-likeness (QED) is 0.767. The van der Waals surface area contributed by atoms with E-state index in [4.69, 9.17) is 37.3 Å². The first-order valence-corrected chi connectivity index (χ1v) is 5.17. The maximum Gasteiger partial charge on any atom is 0.188 e. The molecule has 0 bridgehead atoms. The van der Waals surface area contributed by atoms with Crippen LogP contribution in [0, 0.1) is 0 Å². The van der Waals surface area contributed by atoms with E-state index in [1.165, 1.54) is 0 Å². The number of fused-ring (bicyclic) bond motifs is 1. The molecule has 1 atom stereocenters. The topological polar surface area (TPSA) is 79.7 Å². The maximum absolute atomic E-state index is 5.90. The van der Waals surface area contributed by atoms with Gasteiger partial charge in [0.25, 0.3) is 0 Å². The van der Waals surface area contributed by atoms with Gasteiger partial charge in [-0.3, -0.25) is 0 Å². The Morgan fingerprint density at radius 3 is 2.94 bits per heavy atom. The molecule has 0 aromatic heterocycles. The van der Waals surface area contributed by atoms with Crippen LogP contribution in [0.5, 0.6) is 11.5 Å². The van der Waals surface area contributed by atoms with Gasteiger partial charge in [-0.1, -0.05) is 11.6 Å². The van der Waals surface area contributed by atoms with E-state index in [1.807, 2.05) is 0 Å². The third-order valence-electron chi connectivity index (χ3n) is 2.30. The smallest absolute Gasteiger partial charge is 0.188 e. The first-order chi connectivity index (χ1) is 7.63. The Balaban J connectivity index is 2.36. The van der Waals surface area contributed by atoms with Crippen molar-refractivity contribution >= 4 is 23.0 Å². The van der Waals surface area contributed by atoms with E-state index in [0.717, 1.165) is 0 Å². The van der Waals surface area contributed by atoms with Crippen LogP contribution in [-0.2, 0) is 4.74 Å². The van der Waals surface area contributed by atoms with Gasteiger partial charge in [0.2, 0.25) is 0 Å². The van der Waals surface area contributed by atoms with Crippen LogP contribution in [0.4, 0.5) is 11.4 Å². The van der Waals surface area contributed by atoms with Crippen molar-refractivity contribution in [2.45, 2.75) is 6.10 Å². The highest BCUT2D eigenvalue weighted by molar-refractivity contribution is 6.34. The molecule has 0 aliphatic carbocycles. The van der Waals surface area contributed by atoms with Gasteiger partial charge in [-0.2, -0.15) is 0 Å². The molecule has 1 aliphatic rings. The largest absolute Gasteiger partial charge is 0.484 e. The maximum atomic E-state index is 5.90. The van der Waals surface area contributed by atoms with Crippen LogP contribution in [0.3, 0.4) is 0 Å². The number of ether oxygens (including phenoxy) is 3. The summed E-state index contributed by atoms with van der Waals surface area (Å²) >= 11 is 5.90. The van der Waals surface area contributed by atoms with E-state index < -0.39 is 0 Å². The summed E-state index contributed by atoms with van der Waals surface area (Å²) in [6, 6.07) is 1.55. The molecule has 1 aromatic carbocycles. The fourth-order valence-electron chi connectivity index (χ4n) is 1.55. The lowest BCUT2D eigenvalue weighted by Crippen LogP contribution is -2.33. The summed E-state index contributed by atoms with van der Waals surface area (Å²) in [6.07, 6.45) is -0.197. The number of hydrogen-bond acceptors (Lipinski definition) is 5. The number of anilines is 2. The SMILES string of the molecule is COCC1COc2c(N)cc(Cl)c(N)c2O1. The van der Waals surface area contributed by atoms with Crippen LogP contribution in [0.15, 0.2) is 6.07 Å². The molecule has 6 heteroatoms. The van der Waals surface area contributed by atoms with E-state index >= 15 is 0 Å². The Bertz CT molecular complexity index is 412. The molecule has 5 nitrogen and oxygen atoms in total. The summed E-state index contributed by atoms with van der Waals surface area (Å²) in [5.41, 5.74) is 12.3. The number of rotatable bonds is 2. The number of methoxy groups -OCH3 is 1. The summed E-state index contributed by atoms with van der Waals surface area (Å²) in [7, 11) is 1.59. The second kappa shape index (κ2) is 4.27. The highest BCUT2D eigenvalue weighted by Crippen LogP contribution is 2.45. The minimum absolute atomic E-state index is 0.197. The van der Waals surface area contributed by atoms with E-state index in [9.17, 15) is 0 Å². The van der Waals surface area contributed by atoms with Crippen molar-refractivity contribution in [2.24, 2.45) is 0 Å². The minimum atomic E-state index is -0.197. The third-order valence-corrected chi connectivity index (χ3v) is 2.62. The van der Waals surface area contributed by atoms with Crippen LogP contribution >= 0.6 is 11.6 Å². The van der Waals surface area contributed by atoms with Gasteiger partial charge < -0.3 is 25.7 Å². The van der Waals surface area contributed by atoms with E-state index in [-0.39, 0.29) is 6.10 Å². The summed E-state index contributed by atoms with van der Waals surface area (Å²) < 4.78 is 16.1. The van der Waals surface area contributed by atoms with Crippen molar-refractivity contribution in [3.8, 4) is 11.5 Å². The first-order valence-electron chi connectivity index (χ1n) is 4.79. The monoisotopic (exact) mass is 244 g/mol. The third kappa shape index (κ3) is 1.83. The predicted molar refractivity (Wildman–Crippen MR) is 62.1 cm³/mol. The summed E-state index contributed by atoms with van der Waals surface area (Å²) in [5, 5.41) is 0.359. The fourth-order valence-corrected chi connectivity index (χ4v) is 1.76. The van der Waals surface area contributed by atoms with Crippen molar-refractivity contribution in [3.05, 3.63) is 11.1 Å². The average Bonchev–Trinajstić information content (AvgIpc) is 2.26. The molecule has 88 valence electrons. The number of nitrogen functional groups attached to an aromatic ring is 2. The van der Waals surface area contributed by atoms with Crippen molar-refractivity contribution in [2.75, 3.05) is 31.8 Å². The van der Waals surface area contributed by atoms with E-state index in [1.54, 1.807) is 13.2 Å². The Morgan fingerprint density at radius 1 is 1.50 bits per heavy atom. The normalized spacial score (nSPS) is 18.5. The molecule has 0 radical (unpaired) electrons. The zero-order chi connectivity index (χ0) is 11.7. The molecule has 0 saturated heterocycles. The molecule has 0 fully saturated rings.